The molecule has 1 aromatic rings. The Labute approximate surface area is 116 Å². The monoisotopic (exact) mass is 277 g/mol. The van der Waals surface area contributed by atoms with E-state index in [1.165, 1.54) is 5.56 Å². The van der Waals surface area contributed by atoms with E-state index in [1.54, 1.807) is 10.4 Å². The van der Waals surface area contributed by atoms with Crippen molar-refractivity contribution in [2.45, 2.75) is 65.3 Å². The van der Waals surface area contributed by atoms with Gasteiger partial charge in [-0.25, -0.2) is 0 Å². The van der Waals surface area contributed by atoms with Crippen molar-refractivity contribution in [1.29, 1.82) is 0 Å². The maximum Gasteiger partial charge on any atom is 0.0910 e. The van der Waals surface area contributed by atoms with Crippen molar-refractivity contribution in [2.75, 3.05) is 0 Å². The fraction of sp³-hybridized carbons (Fsp3) is 0.625. The quantitative estimate of drug-likeness (QED) is 0.728. The average molecular weight is 278 g/mol. The Hall–Kier alpha value is -0.346. The van der Waals surface area contributed by atoms with Gasteiger partial charge in [-0.2, -0.15) is 0 Å². The van der Waals surface area contributed by atoms with E-state index in [2.05, 4.69) is 72.5 Å². The van der Waals surface area contributed by atoms with E-state index in [0.29, 0.717) is 0 Å². The molecule has 1 aromatic carbocycles. The Morgan fingerprint density at radius 2 is 1.39 bits per heavy atom. The summed E-state index contributed by atoms with van der Waals surface area (Å²) in [7, 11) is -1.63. The van der Waals surface area contributed by atoms with Crippen molar-refractivity contribution >= 4 is 27.2 Å². The number of hydrogen-bond acceptors (Lipinski definition) is 0. The summed E-state index contributed by atoms with van der Waals surface area (Å²) in [6, 6.07) is 7.39. The summed E-state index contributed by atoms with van der Waals surface area (Å²) in [6.45, 7) is 19.2. The smallest absolute Gasteiger partial charge is 0.0656 e. The van der Waals surface area contributed by atoms with E-state index < -0.39 is 16.9 Å². The van der Waals surface area contributed by atoms with Crippen molar-refractivity contribution in [1.82, 2.24) is 0 Å². The Balaban J connectivity index is 3.28. The van der Waals surface area contributed by atoms with E-state index in [4.69, 9.17) is 0 Å². The summed E-state index contributed by atoms with van der Waals surface area (Å²) in [5.74, 6) is 0. The largest absolute Gasteiger partial charge is 0.0910 e. The van der Waals surface area contributed by atoms with Crippen LogP contribution in [0.1, 0.15) is 33.3 Å². The fourth-order valence-electron chi connectivity index (χ4n) is 2.72. The van der Waals surface area contributed by atoms with Gasteiger partial charge >= 0.3 is 0 Å². The molecule has 0 aliphatic carbocycles. The van der Waals surface area contributed by atoms with E-state index in [1.807, 2.05) is 0 Å². The molecule has 0 spiro atoms. The lowest BCUT2D eigenvalue weighted by Crippen LogP contribution is -2.44. The van der Waals surface area contributed by atoms with Crippen molar-refractivity contribution in [3.05, 3.63) is 23.8 Å². The van der Waals surface area contributed by atoms with Crippen LogP contribution in [0.2, 0.25) is 30.7 Å². The highest BCUT2D eigenvalue weighted by Crippen LogP contribution is 2.20. The summed E-state index contributed by atoms with van der Waals surface area (Å²) in [5.41, 5.74) is 3.08. The molecule has 2 heteroatoms. The molecule has 101 valence electrons. The summed E-state index contributed by atoms with van der Waals surface area (Å²) in [5, 5.41) is 3.28. The molecular weight excluding hydrogens is 248 g/mol. The molecular formula is C16H29Si2. The summed E-state index contributed by atoms with van der Waals surface area (Å²) < 4.78 is 0. The number of benzene rings is 1. The van der Waals surface area contributed by atoms with Crippen LogP contribution in [0.25, 0.3) is 0 Å². The third-order valence-electron chi connectivity index (χ3n) is 3.52. The second-order valence-corrected chi connectivity index (χ2v) is 16.0. The van der Waals surface area contributed by atoms with Gasteiger partial charge in [0.25, 0.3) is 0 Å². The molecule has 0 N–H and O–H groups in total. The van der Waals surface area contributed by atoms with Crippen molar-refractivity contribution in [2.24, 2.45) is 0 Å². The predicted octanol–water partition coefficient (Wildman–Crippen LogP) is 4.06. The molecule has 0 atom stereocenters. The van der Waals surface area contributed by atoms with Gasteiger partial charge < -0.3 is 0 Å². The molecule has 0 heterocycles. The van der Waals surface area contributed by atoms with Gasteiger partial charge in [-0.1, -0.05) is 81.5 Å². The van der Waals surface area contributed by atoms with Crippen LogP contribution in [-0.4, -0.2) is 16.9 Å². The van der Waals surface area contributed by atoms with Crippen LogP contribution in [-0.2, 0) is 0 Å². The van der Waals surface area contributed by atoms with Crippen LogP contribution < -0.4 is 10.4 Å². The average Bonchev–Trinajstić information content (AvgIpc) is 2.13. The van der Waals surface area contributed by atoms with E-state index in [9.17, 15) is 0 Å². The molecule has 0 saturated carbocycles. The van der Waals surface area contributed by atoms with Crippen LogP contribution in [0.4, 0.5) is 0 Å². The van der Waals surface area contributed by atoms with Crippen LogP contribution >= 0.6 is 0 Å². The fourth-order valence-corrected chi connectivity index (χ4v) is 7.49. The molecule has 0 aromatic heterocycles. The lowest BCUT2D eigenvalue weighted by atomic mass is 10.2. The SMILES string of the molecule is Cc1cc([Si](C(C)C)C(C)C)cc([Si](C)(C)C)c1. The zero-order valence-corrected chi connectivity index (χ0v) is 15.4. The van der Waals surface area contributed by atoms with Crippen molar-refractivity contribution in [3.63, 3.8) is 0 Å². The van der Waals surface area contributed by atoms with Gasteiger partial charge in [0.2, 0.25) is 0 Å². The Morgan fingerprint density at radius 1 is 0.889 bits per heavy atom. The van der Waals surface area contributed by atoms with Gasteiger partial charge in [0.1, 0.15) is 0 Å². The maximum absolute atomic E-state index is 2.54. The van der Waals surface area contributed by atoms with Gasteiger partial charge in [0, 0.05) is 0 Å². The van der Waals surface area contributed by atoms with Gasteiger partial charge in [0.05, 0.1) is 16.9 Å². The second-order valence-electron chi connectivity index (χ2n) is 7.10. The molecule has 0 bridgehead atoms. The van der Waals surface area contributed by atoms with Gasteiger partial charge in [0.15, 0.2) is 0 Å². The molecule has 0 fully saturated rings. The number of aryl methyl sites for hydroxylation is 1. The highest BCUT2D eigenvalue weighted by atomic mass is 28.3. The van der Waals surface area contributed by atoms with E-state index in [0.717, 1.165) is 11.1 Å². The molecule has 0 nitrogen and oxygen atoms in total. The highest BCUT2D eigenvalue weighted by molar-refractivity contribution is 6.89. The third kappa shape index (κ3) is 3.82. The minimum atomic E-state index is -1.20. The highest BCUT2D eigenvalue weighted by Gasteiger charge is 2.24. The molecule has 0 aliphatic heterocycles. The van der Waals surface area contributed by atoms with Crippen molar-refractivity contribution < 1.29 is 0 Å². The van der Waals surface area contributed by atoms with Crippen molar-refractivity contribution in [3.8, 4) is 0 Å². The van der Waals surface area contributed by atoms with Crippen LogP contribution in [0.15, 0.2) is 18.2 Å². The first kappa shape index (κ1) is 15.7. The van der Waals surface area contributed by atoms with E-state index >= 15 is 0 Å². The molecule has 0 amide bonds. The van der Waals surface area contributed by atoms with Crippen LogP contribution in [0.5, 0.6) is 0 Å². The van der Waals surface area contributed by atoms with Gasteiger partial charge in [-0.3, -0.25) is 0 Å². The summed E-state index contributed by atoms with van der Waals surface area (Å²) in [4.78, 5) is 0. The summed E-state index contributed by atoms with van der Waals surface area (Å²) in [6.07, 6.45) is 0. The standard InChI is InChI=1S/C16H29Si2/c1-12(2)17(13(3)4)15-9-14(5)10-16(11-15)18(6,7)8/h9-13H,1-8H3. The minimum absolute atomic E-state index is 0.438. The Bertz CT molecular complexity index is 392. The third-order valence-corrected chi connectivity index (χ3v) is 8.98. The lowest BCUT2D eigenvalue weighted by Gasteiger charge is -2.26. The molecule has 0 aliphatic rings. The van der Waals surface area contributed by atoms with Gasteiger partial charge in [-0.15, -0.1) is 0 Å². The Kier molecular flexibility index (Phi) is 5.01. The summed E-state index contributed by atoms with van der Waals surface area (Å²) >= 11 is 0. The van der Waals surface area contributed by atoms with E-state index in [-0.39, 0.29) is 0 Å². The molecule has 0 unspecified atom stereocenters. The number of hydrogen-bond donors (Lipinski definition) is 0. The maximum atomic E-state index is 2.54. The predicted molar refractivity (Wildman–Crippen MR) is 89.7 cm³/mol. The lowest BCUT2D eigenvalue weighted by molar-refractivity contribution is 0.951. The second kappa shape index (κ2) is 5.74. The Morgan fingerprint density at radius 3 is 1.78 bits per heavy atom. The first-order valence-corrected chi connectivity index (χ1v) is 12.3. The van der Waals surface area contributed by atoms with Crippen LogP contribution in [0, 0.1) is 6.92 Å². The molecule has 1 radical (unpaired) electrons. The normalized spacial score (nSPS) is 12.8. The first-order valence-electron chi connectivity index (χ1n) is 7.12. The molecule has 18 heavy (non-hydrogen) atoms. The zero-order chi connectivity index (χ0) is 14.1. The molecule has 0 saturated heterocycles. The van der Waals surface area contributed by atoms with Gasteiger partial charge in [-0.05, 0) is 18.0 Å². The topological polar surface area (TPSA) is 0 Å². The minimum Gasteiger partial charge on any atom is -0.0656 e. The first-order chi connectivity index (χ1) is 8.12. The molecule has 1 rings (SSSR count). The number of rotatable bonds is 4. The zero-order valence-electron chi connectivity index (χ0n) is 13.4. The van der Waals surface area contributed by atoms with Crippen LogP contribution in [0.3, 0.4) is 0 Å².